The molecule has 2 N–H and O–H groups in total. The summed E-state index contributed by atoms with van der Waals surface area (Å²) in [5.41, 5.74) is 0.0997. The van der Waals surface area contributed by atoms with Crippen LogP contribution in [0.2, 0.25) is 10.0 Å². The Morgan fingerprint density at radius 1 is 1.03 bits per heavy atom. The summed E-state index contributed by atoms with van der Waals surface area (Å²) in [6.45, 7) is 3.37. The van der Waals surface area contributed by atoms with E-state index in [2.05, 4.69) is 15.5 Å². The van der Waals surface area contributed by atoms with E-state index in [-0.39, 0.29) is 24.0 Å². The van der Waals surface area contributed by atoms with Gasteiger partial charge in [0.2, 0.25) is 5.91 Å². The third-order valence-electron chi connectivity index (χ3n) is 6.68. The fourth-order valence-electron chi connectivity index (χ4n) is 5.06. The normalized spacial score (nSPS) is 21.5. The first-order valence-electron chi connectivity index (χ1n) is 12.0. The molecular formula is C26H28Cl2F3N3O3. The van der Waals surface area contributed by atoms with Crippen LogP contribution in [0.5, 0.6) is 5.75 Å². The largest absolute Gasteiger partial charge is 0.476 e. The number of rotatable bonds is 7. The van der Waals surface area contributed by atoms with Crippen molar-refractivity contribution in [1.82, 2.24) is 5.32 Å². The Balaban J connectivity index is 1.35. The van der Waals surface area contributed by atoms with Gasteiger partial charge in [-0.2, -0.15) is 13.2 Å². The number of piperidine rings is 1. The number of amides is 2. The molecular weight excluding hydrogens is 530 g/mol. The molecule has 2 saturated heterocycles. The number of ether oxygens (including phenoxy) is 1. The smallest absolute Gasteiger partial charge is 0.397 e. The molecule has 2 amide bonds. The van der Waals surface area contributed by atoms with Crippen molar-refractivity contribution in [3.8, 4) is 5.75 Å². The van der Waals surface area contributed by atoms with Gasteiger partial charge in [-0.3, -0.25) is 9.59 Å². The molecule has 6 nitrogen and oxygen atoms in total. The van der Waals surface area contributed by atoms with Crippen molar-refractivity contribution in [2.45, 2.75) is 75.9 Å². The molecule has 11 heteroatoms. The van der Waals surface area contributed by atoms with Gasteiger partial charge in [0.25, 0.3) is 5.91 Å². The van der Waals surface area contributed by atoms with Crippen molar-refractivity contribution in [1.29, 1.82) is 0 Å². The van der Waals surface area contributed by atoms with Crippen LogP contribution in [0.15, 0.2) is 42.5 Å². The van der Waals surface area contributed by atoms with Gasteiger partial charge in [0, 0.05) is 34.5 Å². The Kier molecular flexibility index (Phi) is 7.85. The highest BCUT2D eigenvalue weighted by Gasteiger charge is 2.42. The summed E-state index contributed by atoms with van der Waals surface area (Å²) in [4.78, 5) is 27.0. The molecule has 2 aliphatic heterocycles. The zero-order valence-electron chi connectivity index (χ0n) is 20.4. The number of nitrogens with zero attached hydrogens (tertiary/aromatic N) is 1. The topological polar surface area (TPSA) is 70.7 Å². The molecule has 4 rings (SSSR count). The molecule has 3 atom stereocenters. The van der Waals surface area contributed by atoms with E-state index < -0.39 is 24.1 Å². The second-order valence-electron chi connectivity index (χ2n) is 10.0. The van der Waals surface area contributed by atoms with Gasteiger partial charge in [-0.1, -0.05) is 23.2 Å². The lowest BCUT2D eigenvalue weighted by Crippen LogP contribution is -2.55. The summed E-state index contributed by atoms with van der Waals surface area (Å²) in [7, 11) is 0. The molecule has 0 saturated carbocycles. The number of benzene rings is 2. The van der Waals surface area contributed by atoms with Gasteiger partial charge in [0.05, 0.1) is 5.02 Å². The number of anilines is 2. The van der Waals surface area contributed by atoms with E-state index in [1.54, 1.807) is 56.3 Å². The molecule has 200 valence electrons. The number of halogens is 5. The average Bonchev–Trinajstić information content (AvgIpc) is 3.05. The number of hydrogen-bond donors (Lipinski definition) is 2. The van der Waals surface area contributed by atoms with Gasteiger partial charge in [0.15, 0.2) is 5.60 Å². The van der Waals surface area contributed by atoms with E-state index >= 15 is 0 Å². The Bertz CT molecular complexity index is 1140. The minimum absolute atomic E-state index is 0.0225. The molecule has 0 aliphatic carbocycles. The monoisotopic (exact) mass is 557 g/mol. The molecule has 2 bridgehead atoms. The lowest BCUT2D eigenvalue weighted by atomic mass is 9.95. The van der Waals surface area contributed by atoms with Crippen LogP contribution in [0.25, 0.3) is 0 Å². The molecule has 37 heavy (non-hydrogen) atoms. The first-order chi connectivity index (χ1) is 17.3. The molecule has 2 aliphatic rings. The quantitative estimate of drug-likeness (QED) is 0.415. The number of fused-ring (bicyclic) bond motifs is 2. The van der Waals surface area contributed by atoms with Crippen LogP contribution in [-0.4, -0.2) is 41.7 Å². The molecule has 0 aromatic heterocycles. The lowest BCUT2D eigenvalue weighted by Gasteiger charge is -2.41. The zero-order chi connectivity index (χ0) is 27.0. The van der Waals surface area contributed by atoms with E-state index in [0.29, 0.717) is 21.5 Å². The van der Waals surface area contributed by atoms with Crippen LogP contribution >= 0.6 is 23.2 Å². The lowest BCUT2D eigenvalue weighted by molar-refractivity contribution is -0.150. The molecule has 2 aromatic rings. The van der Waals surface area contributed by atoms with E-state index in [1.165, 1.54) is 0 Å². The molecule has 0 radical (unpaired) electrons. The predicted molar refractivity (Wildman–Crippen MR) is 137 cm³/mol. The molecule has 2 aromatic carbocycles. The van der Waals surface area contributed by atoms with Crippen molar-refractivity contribution in [3.05, 3.63) is 52.5 Å². The SMILES string of the molecule is CC(C)(Oc1ccc(Cl)cc1Cl)C(=O)N[C@H]1C[C@H]2CC[C@@H](C1)N2c1ccc(NC(=O)CC(F)(F)F)cc1. The fourth-order valence-corrected chi connectivity index (χ4v) is 5.51. The highest BCUT2D eigenvalue weighted by Crippen LogP contribution is 2.40. The van der Waals surface area contributed by atoms with E-state index in [4.69, 9.17) is 27.9 Å². The standard InChI is InChI=1S/C26H28Cl2F3N3O3/c1-25(2,37-22-10-3-15(27)11-21(22)28)24(36)33-17-12-19-8-9-20(13-17)34(19)18-6-4-16(5-7-18)32-23(35)14-26(29,30)31/h3-7,10-11,17,19-20H,8-9,12-14H2,1-2H3,(H,32,35)(H,33,36)/t17-,19+,20-. The Morgan fingerprint density at radius 2 is 1.65 bits per heavy atom. The summed E-state index contributed by atoms with van der Waals surface area (Å²) in [6, 6.07) is 12.1. The molecule has 0 spiro atoms. The maximum absolute atomic E-state index is 13.1. The van der Waals surface area contributed by atoms with Gasteiger partial charge in [-0.25, -0.2) is 0 Å². The van der Waals surface area contributed by atoms with Crippen LogP contribution in [0.3, 0.4) is 0 Å². The minimum Gasteiger partial charge on any atom is -0.476 e. The first-order valence-corrected chi connectivity index (χ1v) is 12.8. The molecule has 0 unspecified atom stereocenters. The van der Waals surface area contributed by atoms with Crippen LogP contribution in [0, 0.1) is 0 Å². The maximum Gasteiger partial charge on any atom is 0.397 e. The summed E-state index contributed by atoms with van der Waals surface area (Å²) < 4.78 is 43.1. The molecule has 2 heterocycles. The third kappa shape index (κ3) is 6.82. The van der Waals surface area contributed by atoms with Crippen molar-refractivity contribution in [2.24, 2.45) is 0 Å². The van der Waals surface area contributed by atoms with E-state index in [0.717, 1.165) is 31.4 Å². The van der Waals surface area contributed by atoms with Crippen LogP contribution in [-0.2, 0) is 9.59 Å². The summed E-state index contributed by atoms with van der Waals surface area (Å²) in [5, 5.41) is 6.21. The van der Waals surface area contributed by atoms with Gasteiger partial charge in [-0.15, -0.1) is 0 Å². The third-order valence-corrected chi connectivity index (χ3v) is 7.21. The first kappa shape index (κ1) is 27.4. The minimum atomic E-state index is -4.55. The van der Waals surface area contributed by atoms with Crippen LogP contribution in [0.4, 0.5) is 24.5 Å². The second kappa shape index (κ2) is 10.6. The van der Waals surface area contributed by atoms with Crippen molar-refractivity contribution < 1.29 is 27.5 Å². The zero-order valence-corrected chi connectivity index (χ0v) is 21.9. The number of carbonyl (C=O) groups is 2. The number of hydrogen-bond acceptors (Lipinski definition) is 4. The maximum atomic E-state index is 13.1. The highest BCUT2D eigenvalue weighted by molar-refractivity contribution is 6.35. The van der Waals surface area contributed by atoms with Crippen molar-refractivity contribution in [3.63, 3.8) is 0 Å². The highest BCUT2D eigenvalue weighted by atomic mass is 35.5. The van der Waals surface area contributed by atoms with E-state index in [9.17, 15) is 22.8 Å². The predicted octanol–water partition coefficient (Wildman–Crippen LogP) is 6.36. The second-order valence-corrected chi connectivity index (χ2v) is 10.9. The van der Waals surface area contributed by atoms with Gasteiger partial charge < -0.3 is 20.3 Å². The average molecular weight is 558 g/mol. The number of nitrogens with one attached hydrogen (secondary N) is 2. The Hall–Kier alpha value is -2.65. The van der Waals surface area contributed by atoms with Gasteiger partial charge in [-0.05, 0) is 82.0 Å². The van der Waals surface area contributed by atoms with Crippen LogP contribution < -0.4 is 20.3 Å². The van der Waals surface area contributed by atoms with Crippen molar-refractivity contribution in [2.75, 3.05) is 10.2 Å². The summed E-state index contributed by atoms with van der Waals surface area (Å²) in [6.07, 6.45) is -2.61. The number of alkyl halides is 3. The fraction of sp³-hybridized carbons (Fsp3) is 0.462. The van der Waals surface area contributed by atoms with Gasteiger partial charge >= 0.3 is 6.18 Å². The van der Waals surface area contributed by atoms with Crippen LogP contribution in [0.1, 0.15) is 46.0 Å². The summed E-state index contributed by atoms with van der Waals surface area (Å²) in [5.74, 6) is -0.962. The summed E-state index contributed by atoms with van der Waals surface area (Å²) >= 11 is 12.1. The Labute approximate surface area is 223 Å². The van der Waals surface area contributed by atoms with Gasteiger partial charge in [0.1, 0.15) is 12.2 Å². The molecule has 2 fully saturated rings. The Morgan fingerprint density at radius 3 is 2.22 bits per heavy atom. The number of carbonyl (C=O) groups excluding carboxylic acids is 2. The van der Waals surface area contributed by atoms with Crippen molar-refractivity contribution >= 4 is 46.4 Å². The van der Waals surface area contributed by atoms with E-state index in [1.807, 2.05) is 0 Å².